The molecule has 1 aromatic heterocycles. The van der Waals surface area contributed by atoms with E-state index in [4.69, 9.17) is 0 Å². The van der Waals surface area contributed by atoms with Gasteiger partial charge in [0, 0.05) is 21.9 Å². The zero-order valence-electron chi connectivity index (χ0n) is 21.6. The molecule has 1 heteroatoms. The van der Waals surface area contributed by atoms with Gasteiger partial charge in [0.2, 0.25) is 0 Å². The summed E-state index contributed by atoms with van der Waals surface area (Å²) >= 11 is 0. The van der Waals surface area contributed by atoms with E-state index in [-0.39, 0.29) is 5.41 Å². The first-order valence-corrected chi connectivity index (χ1v) is 13.4. The summed E-state index contributed by atoms with van der Waals surface area (Å²) in [5, 5.41) is 5.16. The second-order valence-electron chi connectivity index (χ2n) is 11.0. The van der Waals surface area contributed by atoms with E-state index >= 15 is 0 Å². The summed E-state index contributed by atoms with van der Waals surface area (Å²) in [6.07, 6.45) is 0. The molecule has 0 bridgehead atoms. The second kappa shape index (κ2) is 7.69. The first-order chi connectivity index (χ1) is 18.6. The van der Waals surface area contributed by atoms with Crippen LogP contribution in [0.15, 0.2) is 127 Å². The quantitative estimate of drug-likeness (QED) is 0.230. The van der Waals surface area contributed by atoms with Crippen LogP contribution in [0.1, 0.15) is 25.0 Å². The molecule has 6 aromatic carbocycles. The van der Waals surface area contributed by atoms with E-state index in [9.17, 15) is 0 Å². The molecule has 180 valence electrons. The van der Waals surface area contributed by atoms with Crippen molar-refractivity contribution in [1.82, 2.24) is 4.57 Å². The predicted molar refractivity (Wildman–Crippen MR) is 161 cm³/mol. The molecule has 0 saturated heterocycles. The Bertz CT molecular complexity index is 2000. The molecule has 0 aliphatic heterocycles. The minimum Gasteiger partial charge on any atom is -0.309 e. The Kier molecular flexibility index (Phi) is 4.35. The molecule has 0 unspecified atom stereocenters. The van der Waals surface area contributed by atoms with E-state index < -0.39 is 0 Å². The summed E-state index contributed by atoms with van der Waals surface area (Å²) in [5.41, 5.74) is 11.7. The summed E-state index contributed by atoms with van der Waals surface area (Å²) in [5.74, 6) is 0. The Hall–Kier alpha value is -4.62. The fourth-order valence-electron chi connectivity index (χ4n) is 6.61. The molecule has 0 spiro atoms. The van der Waals surface area contributed by atoms with Gasteiger partial charge in [-0.2, -0.15) is 0 Å². The first kappa shape index (κ1) is 21.5. The Morgan fingerprint density at radius 1 is 0.474 bits per heavy atom. The Morgan fingerprint density at radius 3 is 1.76 bits per heavy atom. The van der Waals surface area contributed by atoms with Crippen molar-refractivity contribution in [3.63, 3.8) is 0 Å². The van der Waals surface area contributed by atoms with Gasteiger partial charge in [-0.1, -0.05) is 105 Å². The van der Waals surface area contributed by atoms with E-state index in [1.54, 1.807) is 0 Å². The number of para-hydroxylation sites is 2. The van der Waals surface area contributed by atoms with Gasteiger partial charge in [-0.05, 0) is 80.6 Å². The number of rotatable bonds is 2. The highest BCUT2D eigenvalue weighted by Crippen LogP contribution is 2.50. The Morgan fingerprint density at radius 2 is 1.03 bits per heavy atom. The Balaban J connectivity index is 1.29. The molecule has 1 nitrogen and oxygen atoms in total. The van der Waals surface area contributed by atoms with Crippen LogP contribution in [0.3, 0.4) is 0 Å². The predicted octanol–water partition coefficient (Wildman–Crippen LogP) is 9.91. The average molecular weight is 486 g/mol. The molecule has 1 aliphatic carbocycles. The van der Waals surface area contributed by atoms with Crippen LogP contribution in [0.5, 0.6) is 0 Å². The molecule has 0 N–H and O–H groups in total. The molecule has 1 aliphatic rings. The third-order valence-electron chi connectivity index (χ3n) is 8.58. The fraction of sp³-hybridized carbons (Fsp3) is 0.0811. The lowest BCUT2D eigenvalue weighted by Gasteiger charge is -2.23. The van der Waals surface area contributed by atoms with Gasteiger partial charge in [-0.15, -0.1) is 0 Å². The smallest absolute Gasteiger partial charge is 0.0541 e. The number of hydrogen-bond acceptors (Lipinski definition) is 0. The average Bonchev–Trinajstić information content (AvgIpc) is 3.41. The van der Waals surface area contributed by atoms with Crippen LogP contribution in [0, 0.1) is 0 Å². The van der Waals surface area contributed by atoms with Crippen LogP contribution in [-0.4, -0.2) is 4.57 Å². The van der Waals surface area contributed by atoms with Crippen LogP contribution in [0.25, 0.3) is 60.5 Å². The summed E-state index contributed by atoms with van der Waals surface area (Å²) in [6, 6.07) is 46.9. The highest BCUT2D eigenvalue weighted by atomic mass is 15.0. The molecule has 7 aromatic rings. The summed E-state index contributed by atoms with van der Waals surface area (Å²) in [7, 11) is 0. The van der Waals surface area contributed by atoms with Crippen LogP contribution < -0.4 is 0 Å². The molecule has 0 amide bonds. The van der Waals surface area contributed by atoms with E-state index in [1.807, 2.05) is 0 Å². The van der Waals surface area contributed by atoms with E-state index in [1.165, 1.54) is 71.6 Å². The number of fused-ring (bicyclic) bond motifs is 7. The van der Waals surface area contributed by atoms with Crippen molar-refractivity contribution < 1.29 is 0 Å². The van der Waals surface area contributed by atoms with Gasteiger partial charge in [0.05, 0.1) is 11.0 Å². The van der Waals surface area contributed by atoms with Crippen molar-refractivity contribution in [2.24, 2.45) is 0 Å². The zero-order chi connectivity index (χ0) is 25.4. The topological polar surface area (TPSA) is 4.93 Å². The zero-order valence-corrected chi connectivity index (χ0v) is 21.6. The van der Waals surface area contributed by atoms with Crippen molar-refractivity contribution >= 4 is 32.6 Å². The number of hydrogen-bond donors (Lipinski definition) is 0. The van der Waals surface area contributed by atoms with E-state index in [2.05, 4.69) is 146 Å². The van der Waals surface area contributed by atoms with Crippen molar-refractivity contribution in [3.8, 4) is 27.9 Å². The molecule has 0 atom stereocenters. The fourth-order valence-corrected chi connectivity index (χ4v) is 6.61. The Labute approximate surface area is 222 Å². The number of benzene rings is 6. The normalized spacial score (nSPS) is 13.7. The highest BCUT2D eigenvalue weighted by Gasteiger charge is 2.36. The molecule has 0 fully saturated rings. The van der Waals surface area contributed by atoms with E-state index in [0.717, 1.165) is 0 Å². The lowest BCUT2D eigenvalue weighted by Crippen LogP contribution is -2.15. The van der Waals surface area contributed by atoms with Crippen molar-refractivity contribution in [1.29, 1.82) is 0 Å². The third-order valence-corrected chi connectivity index (χ3v) is 8.58. The van der Waals surface area contributed by atoms with Crippen LogP contribution in [0.2, 0.25) is 0 Å². The molecule has 8 rings (SSSR count). The first-order valence-electron chi connectivity index (χ1n) is 13.4. The minimum atomic E-state index is -0.0910. The van der Waals surface area contributed by atoms with Crippen LogP contribution in [0.4, 0.5) is 0 Å². The standard InChI is InChI=1S/C37H27N/c1-37(2)33-22-27(26-16-15-24-9-3-4-10-25(24)21-26)17-19-29(33)30-20-18-28(23-34(30)37)38-35-13-7-5-11-31(35)32-12-6-8-14-36(32)38/h3-23H,1-2H3. The summed E-state index contributed by atoms with van der Waals surface area (Å²) in [6.45, 7) is 4.75. The van der Waals surface area contributed by atoms with Gasteiger partial charge in [0.25, 0.3) is 0 Å². The van der Waals surface area contributed by atoms with E-state index in [0.29, 0.717) is 0 Å². The molecule has 38 heavy (non-hydrogen) atoms. The molecular weight excluding hydrogens is 458 g/mol. The van der Waals surface area contributed by atoms with Gasteiger partial charge in [-0.25, -0.2) is 0 Å². The monoisotopic (exact) mass is 485 g/mol. The molecule has 0 radical (unpaired) electrons. The number of nitrogens with zero attached hydrogens (tertiary/aromatic N) is 1. The lowest BCUT2D eigenvalue weighted by atomic mass is 9.81. The van der Waals surface area contributed by atoms with Crippen molar-refractivity contribution in [2.75, 3.05) is 0 Å². The van der Waals surface area contributed by atoms with Gasteiger partial charge in [-0.3, -0.25) is 0 Å². The van der Waals surface area contributed by atoms with Crippen molar-refractivity contribution in [2.45, 2.75) is 19.3 Å². The SMILES string of the molecule is CC1(C)c2cc(-c3ccc4ccccc4c3)ccc2-c2ccc(-n3c4ccccc4c4ccccc43)cc21. The van der Waals surface area contributed by atoms with Gasteiger partial charge in [0.1, 0.15) is 0 Å². The largest absolute Gasteiger partial charge is 0.309 e. The van der Waals surface area contributed by atoms with Gasteiger partial charge in [0.15, 0.2) is 0 Å². The highest BCUT2D eigenvalue weighted by molar-refractivity contribution is 6.09. The minimum absolute atomic E-state index is 0.0910. The van der Waals surface area contributed by atoms with Crippen molar-refractivity contribution in [3.05, 3.63) is 139 Å². The molecular formula is C37H27N. The lowest BCUT2D eigenvalue weighted by molar-refractivity contribution is 0.660. The molecule has 1 heterocycles. The van der Waals surface area contributed by atoms with Crippen LogP contribution in [-0.2, 0) is 5.41 Å². The summed E-state index contributed by atoms with van der Waals surface area (Å²) < 4.78 is 2.42. The summed E-state index contributed by atoms with van der Waals surface area (Å²) in [4.78, 5) is 0. The van der Waals surface area contributed by atoms with Gasteiger partial charge < -0.3 is 4.57 Å². The molecule has 0 saturated carbocycles. The van der Waals surface area contributed by atoms with Gasteiger partial charge >= 0.3 is 0 Å². The maximum absolute atomic E-state index is 2.42. The second-order valence-corrected chi connectivity index (χ2v) is 11.0. The maximum atomic E-state index is 2.42. The van der Waals surface area contributed by atoms with Crippen LogP contribution >= 0.6 is 0 Å². The maximum Gasteiger partial charge on any atom is 0.0541 e. The number of aromatic nitrogens is 1. The third kappa shape index (κ3) is 2.93.